The van der Waals surface area contributed by atoms with Crippen LogP contribution in [0.1, 0.15) is 16.7 Å². The number of aromatic nitrogens is 2. The van der Waals surface area contributed by atoms with Gasteiger partial charge in [-0.25, -0.2) is 14.4 Å². The zero-order valence-corrected chi connectivity index (χ0v) is 22.2. The lowest BCUT2D eigenvalue weighted by molar-refractivity contribution is -0.228. The molecule has 9 heteroatoms. The number of halogens is 1. The third-order valence-electron chi connectivity index (χ3n) is 6.70. The molecule has 40 heavy (non-hydrogen) atoms. The van der Waals surface area contributed by atoms with E-state index >= 15 is 4.39 Å². The Kier molecular flexibility index (Phi) is 7.81. The molecule has 0 saturated carbocycles. The number of fused-ring (bicyclic) bond motifs is 1. The summed E-state index contributed by atoms with van der Waals surface area (Å²) in [7, 11) is 0. The van der Waals surface area contributed by atoms with Crippen molar-refractivity contribution < 1.29 is 28.4 Å². The van der Waals surface area contributed by atoms with Crippen LogP contribution in [0.2, 0.25) is 0 Å². The molecule has 3 aromatic carbocycles. The molecule has 5 aromatic rings. The summed E-state index contributed by atoms with van der Waals surface area (Å²) in [6.45, 7) is 0.495. The summed E-state index contributed by atoms with van der Waals surface area (Å²) in [5.74, 6) is -1.40. The zero-order chi connectivity index (χ0) is 27.4. The van der Waals surface area contributed by atoms with Crippen LogP contribution in [0.3, 0.4) is 0 Å². The summed E-state index contributed by atoms with van der Waals surface area (Å²) in [6.07, 6.45) is -2.54. The minimum atomic E-state index is -2.31. The predicted octanol–water partition coefficient (Wildman–Crippen LogP) is 6.17. The van der Waals surface area contributed by atoms with E-state index in [1.54, 1.807) is 5.38 Å². The Labute approximate surface area is 234 Å². The van der Waals surface area contributed by atoms with E-state index in [1.807, 2.05) is 91.0 Å². The monoisotopic (exact) mass is 558 g/mol. The van der Waals surface area contributed by atoms with Crippen molar-refractivity contribution in [2.45, 2.75) is 37.4 Å². The van der Waals surface area contributed by atoms with E-state index < -0.39 is 24.2 Å². The summed E-state index contributed by atoms with van der Waals surface area (Å²) in [5, 5.41) is 13.4. The van der Waals surface area contributed by atoms with Gasteiger partial charge < -0.3 is 24.1 Å². The summed E-state index contributed by atoms with van der Waals surface area (Å²) >= 11 is 1.25. The first-order chi connectivity index (χ1) is 19.6. The topological polar surface area (TPSA) is 82.9 Å². The van der Waals surface area contributed by atoms with E-state index in [9.17, 15) is 5.11 Å². The molecule has 1 aliphatic heterocycles. The Morgan fingerprint density at radius 2 is 1.52 bits per heavy atom. The maximum Gasteiger partial charge on any atom is 0.240 e. The van der Waals surface area contributed by atoms with E-state index in [2.05, 4.69) is 9.97 Å². The lowest BCUT2D eigenvalue weighted by atomic mass is 10.00. The van der Waals surface area contributed by atoms with Gasteiger partial charge >= 0.3 is 0 Å². The van der Waals surface area contributed by atoms with Crippen LogP contribution < -0.4 is 4.74 Å². The van der Waals surface area contributed by atoms with Crippen molar-refractivity contribution in [3.63, 3.8) is 0 Å². The molecular weight excluding hydrogens is 531 g/mol. The van der Waals surface area contributed by atoms with Gasteiger partial charge in [-0.1, -0.05) is 78.9 Å². The molecule has 0 aliphatic carbocycles. The van der Waals surface area contributed by atoms with Gasteiger partial charge in [-0.3, -0.25) is 0 Å². The fraction of sp³-hybridized carbons (Fsp3) is 0.226. The summed E-state index contributed by atoms with van der Waals surface area (Å²) < 4.78 is 40.7. The van der Waals surface area contributed by atoms with E-state index in [4.69, 9.17) is 18.9 Å². The van der Waals surface area contributed by atoms with Crippen molar-refractivity contribution in [2.75, 3.05) is 6.61 Å². The second-order valence-corrected chi connectivity index (χ2v) is 10.3. The van der Waals surface area contributed by atoms with Gasteiger partial charge in [0.1, 0.15) is 29.0 Å². The van der Waals surface area contributed by atoms with Gasteiger partial charge in [0.2, 0.25) is 11.7 Å². The molecule has 0 radical (unpaired) electrons. The number of alkyl halides is 1. The first kappa shape index (κ1) is 26.5. The van der Waals surface area contributed by atoms with Crippen molar-refractivity contribution in [2.24, 2.45) is 0 Å². The van der Waals surface area contributed by atoms with Crippen LogP contribution in [0.15, 0.2) is 103 Å². The number of ether oxygens (including phenoxy) is 4. The highest BCUT2D eigenvalue weighted by molar-refractivity contribution is 7.17. The zero-order valence-electron chi connectivity index (χ0n) is 21.4. The van der Waals surface area contributed by atoms with Gasteiger partial charge in [-0.2, -0.15) is 0 Å². The highest BCUT2D eigenvalue weighted by Crippen LogP contribution is 2.46. The third kappa shape index (κ3) is 5.47. The Bertz CT molecular complexity index is 1540. The molecule has 2 aromatic heterocycles. The van der Waals surface area contributed by atoms with Gasteiger partial charge in [0.05, 0.1) is 30.9 Å². The summed E-state index contributed by atoms with van der Waals surface area (Å²) in [5.41, 5.74) is 2.40. The fourth-order valence-corrected chi connectivity index (χ4v) is 5.68. The van der Waals surface area contributed by atoms with E-state index in [1.165, 1.54) is 17.7 Å². The van der Waals surface area contributed by atoms with Gasteiger partial charge in [-0.05, 0) is 23.3 Å². The lowest BCUT2D eigenvalue weighted by Crippen LogP contribution is -2.39. The van der Waals surface area contributed by atoms with Gasteiger partial charge in [0.25, 0.3) is 0 Å². The van der Waals surface area contributed by atoms with E-state index in [0.717, 1.165) is 11.1 Å². The molecule has 0 amide bonds. The van der Waals surface area contributed by atoms with Crippen LogP contribution in [0.5, 0.6) is 11.6 Å². The van der Waals surface area contributed by atoms with Crippen molar-refractivity contribution in [3.8, 4) is 11.6 Å². The molecule has 0 bridgehead atoms. The van der Waals surface area contributed by atoms with Crippen molar-refractivity contribution in [3.05, 3.63) is 119 Å². The van der Waals surface area contributed by atoms with Crippen LogP contribution in [-0.4, -0.2) is 40.1 Å². The van der Waals surface area contributed by atoms with Crippen molar-refractivity contribution in [1.29, 1.82) is 0 Å². The molecule has 7 nitrogen and oxygen atoms in total. The van der Waals surface area contributed by atoms with Crippen LogP contribution in [0.4, 0.5) is 4.39 Å². The number of thiophene rings is 1. The normalized spacial score (nSPS) is 22.5. The molecule has 3 heterocycles. The minimum absolute atomic E-state index is 0.0243. The smallest absolute Gasteiger partial charge is 0.240 e. The van der Waals surface area contributed by atoms with E-state index in [0.29, 0.717) is 28.5 Å². The second kappa shape index (κ2) is 11.8. The van der Waals surface area contributed by atoms with Crippen LogP contribution in [0.25, 0.3) is 10.2 Å². The SMILES string of the molecule is OC1(c2csc3c(Oc4ccccc4)ncnc23)OC(COCc2ccccc2)[C@@H](OCc2ccccc2)[C@H]1F. The first-order valence-corrected chi connectivity index (χ1v) is 13.8. The number of rotatable bonds is 10. The molecular formula is C31H27FN2O5S. The summed E-state index contributed by atoms with van der Waals surface area (Å²) in [6, 6.07) is 28.3. The number of benzene rings is 3. The van der Waals surface area contributed by atoms with E-state index in [-0.39, 0.29) is 18.8 Å². The second-order valence-electron chi connectivity index (χ2n) is 9.44. The quantitative estimate of drug-likeness (QED) is 0.220. The highest BCUT2D eigenvalue weighted by atomic mass is 32.1. The minimum Gasteiger partial charge on any atom is -0.437 e. The highest BCUT2D eigenvalue weighted by Gasteiger charge is 2.58. The Morgan fingerprint density at radius 3 is 2.23 bits per heavy atom. The van der Waals surface area contributed by atoms with Crippen molar-refractivity contribution >= 4 is 21.6 Å². The molecule has 1 saturated heterocycles. The van der Waals surface area contributed by atoms with Gasteiger partial charge in [0, 0.05) is 5.38 Å². The molecule has 1 N–H and O–H groups in total. The molecule has 204 valence electrons. The maximum atomic E-state index is 16.3. The Balaban J connectivity index is 1.27. The fourth-order valence-electron chi connectivity index (χ4n) is 4.70. The molecule has 4 atom stereocenters. The molecule has 0 spiro atoms. The number of para-hydroxylation sites is 1. The number of nitrogens with zero attached hydrogens (tertiary/aromatic N) is 2. The largest absolute Gasteiger partial charge is 0.437 e. The lowest BCUT2D eigenvalue weighted by Gasteiger charge is -2.24. The number of hydrogen-bond acceptors (Lipinski definition) is 8. The van der Waals surface area contributed by atoms with Crippen LogP contribution in [0, 0.1) is 0 Å². The standard InChI is InChI=1S/C31H27FN2O5S/c32-29-27(37-17-22-12-6-2-7-13-22)25(18-36-16-21-10-4-1-5-11-21)39-31(29,35)24-19-40-28-26(24)33-20-34-30(28)38-23-14-8-3-9-15-23/h1-15,19-20,25,27,29,35H,16-18H2/t25?,27-,29-,31?/m1/s1. The molecule has 2 unspecified atom stereocenters. The number of hydrogen-bond donors (Lipinski definition) is 1. The Hall–Kier alpha value is -3.73. The van der Waals surface area contributed by atoms with Crippen molar-refractivity contribution in [1.82, 2.24) is 9.97 Å². The molecule has 1 aliphatic rings. The number of aliphatic hydroxyl groups is 1. The third-order valence-corrected chi connectivity index (χ3v) is 7.66. The predicted molar refractivity (Wildman–Crippen MR) is 149 cm³/mol. The van der Waals surface area contributed by atoms with Crippen LogP contribution in [-0.2, 0) is 33.2 Å². The van der Waals surface area contributed by atoms with Gasteiger partial charge in [-0.15, -0.1) is 11.3 Å². The van der Waals surface area contributed by atoms with Crippen LogP contribution >= 0.6 is 11.3 Å². The average Bonchev–Trinajstić information content (AvgIpc) is 3.54. The molecule has 1 fully saturated rings. The summed E-state index contributed by atoms with van der Waals surface area (Å²) in [4.78, 5) is 8.62. The van der Waals surface area contributed by atoms with Gasteiger partial charge in [0.15, 0.2) is 6.17 Å². The maximum absolute atomic E-state index is 16.3. The first-order valence-electron chi connectivity index (χ1n) is 12.9. The molecule has 6 rings (SSSR count). The average molecular weight is 559 g/mol. The Morgan fingerprint density at radius 1 is 0.875 bits per heavy atom.